The second kappa shape index (κ2) is 11.0. The normalized spacial score (nSPS) is 10.3. The molecule has 1 aromatic carbocycles. The van der Waals surface area contributed by atoms with Crippen molar-refractivity contribution in [2.75, 3.05) is 24.7 Å². The minimum Gasteiger partial charge on any atom is -0.497 e. The lowest BCUT2D eigenvalue weighted by Gasteiger charge is -2.13. The molecular weight excluding hydrogens is 330 g/mol. The van der Waals surface area contributed by atoms with Gasteiger partial charge in [-0.2, -0.15) is 0 Å². The van der Waals surface area contributed by atoms with Crippen LogP contribution in [-0.4, -0.2) is 29.1 Å². The summed E-state index contributed by atoms with van der Waals surface area (Å²) in [5, 5.41) is 3.51. The number of thiocarbonyl (C=S) groups is 2. The van der Waals surface area contributed by atoms with E-state index in [1.165, 1.54) is 10.6 Å². The van der Waals surface area contributed by atoms with Crippen LogP contribution >= 0.6 is 36.2 Å². The van der Waals surface area contributed by atoms with Gasteiger partial charge in [0, 0.05) is 17.1 Å². The Balaban J connectivity index is 2.57. The van der Waals surface area contributed by atoms with E-state index >= 15 is 0 Å². The van der Waals surface area contributed by atoms with E-state index in [1.54, 1.807) is 7.11 Å². The minimum absolute atomic E-state index is 0.897. The highest BCUT2D eigenvalue weighted by Gasteiger charge is 2.05. The summed E-state index contributed by atoms with van der Waals surface area (Å²) in [4.78, 5) is 3.39. The smallest absolute Gasteiger partial charge is 0.120 e. The molecule has 0 bridgehead atoms. The minimum atomic E-state index is 0.897. The van der Waals surface area contributed by atoms with E-state index in [0.717, 1.165) is 53.5 Å². The SMILES string of the molecule is COc1ccc(NCCCC(C)=S)c(SCCCC(C)=S)c1. The summed E-state index contributed by atoms with van der Waals surface area (Å²) in [7, 11) is 1.70. The van der Waals surface area contributed by atoms with Crippen LogP contribution in [0.4, 0.5) is 5.69 Å². The van der Waals surface area contributed by atoms with E-state index in [1.807, 2.05) is 31.7 Å². The van der Waals surface area contributed by atoms with Gasteiger partial charge in [0.1, 0.15) is 5.75 Å². The Labute approximate surface area is 149 Å². The van der Waals surface area contributed by atoms with Crippen LogP contribution in [0, 0.1) is 0 Å². The fourth-order valence-corrected chi connectivity index (χ4v) is 3.25. The van der Waals surface area contributed by atoms with Crippen LogP contribution in [0.5, 0.6) is 5.75 Å². The van der Waals surface area contributed by atoms with Crippen molar-refractivity contribution in [2.24, 2.45) is 0 Å². The van der Waals surface area contributed by atoms with Crippen molar-refractivity contribution >= 4 is 51.6 Å². The van der Waals surface area contributed by atoms with Crippen LogP contribution in [-0.2, 0) is 0 Å². The lowest BCUT2D eigenvalue weighted by Crippen LogP contribution is -2.04. The number of nitrogens with one attached hydrogen (secondary N) is 1. The van der Waals surface area contributed by atoms with Crippen LogP contribution in [0.2, 0.25) is 0 Å². The van der Waals surface area contributed by atoms with Gasteiger partial charge in [0.05, 0.1) is 7.11 Å². The van der Waals surface area contributed by atoms with E-state index in [-0.39, 0.29) is 0 Å². The van der Waals surface area contributed by atoms with Crippen molar-refractivity contribution in [3.63, 3.8) is 0 Å². The Morgan fingerprint density at radius 2 is 1.82 bits per heavy atom. The number of ether oxygens (including phenoxy) is 1. The van der Waals surface area contributed by atoms with Crippen molar-refractivity contribution in [3.05, 3.63) is 18.2 Å². The van der Waals surface area contributed by atoms with Crippen LogP contribution in [0.25, 0.3) is 0 Å². The molecule has 0 aliphatic carbocycles. The second-order valence-corrected chi connectivity index (χ2v) is 7.78. The molecule has 0 fully saturated rings. The molecule has 1 rings (SSSR count). The van der Waals surface area contributed by atoms with Gasteiger partial charge in [0.15, 0.2) is 0 Å². The molecule has 122 valence electrons. The van der Waals surface area contributed by atoms with Crippen LogP contribution in [0.3, 0.4) is 0 Å². The molecule has 0 atom stereocenters. The first-order valence-corrected chi connectivity index (χ1v) is 9.36. The summed E-state index contributed by atoms with van der Waals surface area (Å²) in [6, 6.07) is 6.19. The van der Waals surface area contributed by atoms with Gasteiger partial charge in [-0.15, -0.1) is 11.8 Å². The molecule has 0 aromatic heterocycles. The summed E-state index contributed by atoms with van der Waals surface area (Å²) < 4.78 is 5.33. The molecule has 22 heavy (non-hydrogen) atoms. The van der Waals surface area contributed by atoms with Crippen molar-refractivity contribution in [1.29, 1.82) is 0 Å². The zero-order chi connectivity index (χ0) is 16.4. The van der Waals surface area contributed by atoms with Crippen molar-refractivity contribution < 1.29 is 4.74 Å². The van der Waals surface area contributed by atoms with E-state index < -0.39 is 0 Å². The molecule has 5 heteroatoms. The predicted octanol–water partition coefficient (Wildman–Crippen LogP) is 5.54. The first-order valence-electron chi connectivity index (χ1n) is 7.56. The monoisotopic (exact) mass is 355 g/mol. The molecule has 0 heterocycles. The number of hydrogen-bond acceptors (Lipinski definition) is 5. The number of benzene rings is 1. The fourth-order valence-electron chi connectivity index (χ4n) is 1.96. The molecule has 0 saturated heterocycles. The molecule has 0 saturated carbocycles. The van der Waals surface area contributed by atoms with E-state index in [2.05, 4.69) is 17.4 Å². The molecule has 1 aromatic rings. The van der Waals surface area contributed by atoms with Gasteiger partial charge in [0.2, 0.25) is 0 Å². The maximum absolute atomic E-state index is 5.33. The molecular formula is C17H25NOS3. The standard InChI is InChI=1S/C17H25NOS3/c1-13(20)6-4-10-18-16-9-8-15(19-3)12-17(16)22-11-5-7-14(2)21/h8-9,12,18H,4-7,10-11H2,1-3H3. The largest absolute Gasteiger partial charge is 0.497 e. The second-order valence-electron chi connectivity index (χ2n) is 5.25. The zero-order valence-electron chi connectivity index (χ0n) is 13.6. The summed E-state index contributed by atoms with van der Waals surface area (Å²) >= 11 is 12.1. The summed E-state index contributed by atoms with van der Waals surface area (Å²) in [6.07, 6.45) is 4.19. The molecule has 0 radical (unpaired) electrons. The Bertz CT molecular complexity index is 503. The van der Waals surface area contributed by atoms with Gasteiger partial charge in [0.25, 0.3) is 0 Å². The average Bonchev–Trinajstić information content (AvgIpc) is 2.48. The highest BCUT2D eigenvalue weighted by Crippen LogP contribution is 2.31. The van der Waals surface area contributed by atoms with Crippen molar-refractivity contribution in [3.8, 4) is 5.75 Å². The van der Waals surface area contributed by atoms with Gasteiger partial charge >= 0.3 is 0 Å². The number of methoxy groups -OCH3 is 1. The molecule has 0 spiro atoms. The quantitative estimate of drug-likeness (QED) is 0.319. The van der Waals surface area contributed by atoms with Crippen LogP contribution in [0.1, 0.15) is 39.5 Å². The van der Waals surface area contributed by atoms with Crippen molar-refractivity contribution in [1.82, 2.24) is 0 Å². The molecule has 0 aliphatic rings. The Hall–Kier alpha value is -0.650. The van der Waals surface area contributed by atoms with E-state index in [9.17, 15) is 0 Å². The average molecular weight is 356 g/mol. The molecule has 0 amide bonds. The number of thioether (sulfide) groups is 1. The van der Waals surface area contributed by atoms with Crippen LogP contribution < -0.4 is 10.1 Å². The van der Waals surface area contributed by atoms with Gasteiger partial charge in [-0.05, 0) is 73.2 Å². The van der Waals surface area contributed by atoms with Gasteiger partial charge < -0.3 is 10.1 Å². The molecule has 0 unspecified atom stereocenters. The topological polar surface area (TPSA) is 21.3 Å². The maximum atomic E-state index is 5.33. The van der Waals surface area contributed by atoms with E-state index in [0.29, 0.717) is 0 Å². The summed E-state index contributed by atoms with van der Waals surface area (Å²) in [6.45, 7) is 4.95. The third-order valence-electron chi connectivity index (χ3n) is 3.14. The Kier molecular flexibility index (Phi) is 9.68. The molecule has 0 aliphatic heterocycles. The number of rotatable bonds is 11. The molecule has 1 N–H and O–H groups in total. The molecule has 2 nitrogen and oxygen atoms in total. The number of hydrogen-bond donors (Lipinski definition) is 1. The Morgan fingerprint density at radius 1 is 1.14 bits per heavy atom. The first kappa shape index (κ1) is 19.4. The first-order chi connectivity index (χ1) is 10.5. The third-order valence-corrected chi connectivity index (χ3v) is 4.69. The van der Waals surface area contributed by atoms with E-state index in [4.69, 9.17) is 29.2 Å². The maximum Gasteiger partial charge on any atom is 0.120 e. The van der Waals surface area contributed by atoms with Crippen LogP contribution in [0.15, 0.2) is 23.1 Å². The van der Waals surface area contributed by atoms with Gasteiger partial charge in [-0.25, -0.2) is 0 Å². The Morgan fingerprint density at radius 3 is 2.45 bits per heavy atom. The number of anilines is 1. The fraction of sp³-hybridized carbons (Fsp3) is 0.529. The summed E-state index contributed by atoms with van der Waals surface area (Å²) in [5.41, 5.74) is 1.17. The summed E-state index contributed by atoms with van der Waals surface area (Å²) in [5.74, 6) is 1.96. The van der Waals surface area contributed by atoms with Gasteiger partial charge in [-0.3, -0.25) is 0 Å². The van der Waals surface area contributed by atoms with Crippen molar-refractivity contribution in [2.45, 2.75) is 44.4 Å². The zero-order valence-corrected chi connectivity index (χ0v) is 16.1. The lowest BCUT2D eigenvalue weighted by atomic mass is 10.2. The highest BCUT2D eigenvalue weighted by molar-refractivity contribution is 7.99. The van der Waals surface area contributed by atoms with Gasteiger partial charge in [-0.1, -0.05) is 24.4 Å². The predicted molar refractivity (Wildman–Crippen MR) is 107 cm³/mol. The third kappa shape index (κ3) is 8.11. The highest BCUT2D eigenvalue weighted by atomic mass is 32.2. The lowest BCUT2D eigenvalue weighted by molar-refractivity contribution is 0.414.